The Kier molecular flexibility index (Phi) is 4.62. The van der Waals surface area contributed by atoms with Crippen LogP contribution in [0.4, 0.5) is 0 Å². The van der Waals surface area contributed by atoms with Gasteiger partial charge in [-0.15, -0.1) is 0 Å². The highest BCUT2D eigenvalue weighted by Crippen LogP contribution is 2.42. The maximum absolute atomic E-state index is 12.2. The average molecular weight is 377 g/mol. The molecule has 2 aromatic carbocycles. The molecule has 1 aliphatic heterocycles. The first-order valence-electron chi connectivity index (χ1n) is 6.99. The molecule has 1 aliphatic rings. The first-order chi connectivity index (χ1) is 11.2. The summed E-state index contributed by atoms with van der Waals surface area (Å²) in [5.41, 5.74) is 0.828. The molecule has 0 N–H and O–H groups in total. The minimum absolute atomic E-state index is 0.132. The summed E-state index contributed by atoms with van der Waals surface area (Å²) >= 11 is 3.14. The smallest absolute Gasteiger partial charge is 0.343 e. The quantitative estimate of drug-likeness (QED) is 0.354. The molecule has 0 bridgehead atoms. The molecule has 0 saturated heterocycles. The van der Waals surface area contributed by atoms with Crippen LogP contribution < -0.4 is 14.2 Å². The number of fused-ring (bicyclic) bond motifs is 1. The first-order valence-corrected chi connectivity index (χ1v) is 8.12. The summed E-state index contributed by atoms with van der Waals surface area (Å²) in [6.45, 7) is 0.667. The van der Waals surface area contributed by atoms with Gasteiger partial charge in [0, 0.05) is 0 Å². The van der Waals surface area contributed by atoms with E-state index in [1.165, 1.54) is 0 Å². The molecule has 0 aliphatic carbocycles. The molecule has 6 heteroatoms. The highest BCUT2D eigenvalue weighted by atomic mass is 79.9. The number of esters is 1. The third-order valence-corrected chi connectivity index (χ3v) is 3.80. The normalized spacial score (nSPS) is 12.6. The molecule has 0 atom stereocenters. The monoisotopic (exact) mass is 376 g/mol. The Labute approximate surface area is 141 Å². The highest BCUT2D eigenvalue weighted by molar-refractivity contribution is 9.09. The van der Waals surface area contributed by atoms with E-state index in [2.05, 4.69) is 15.9 Å². The van der Waals surface area contributed by atoms with E-state index < -0.39 is 5.97 Å². The molecule has 1 heterocycles. The standard InChI is InChI=1S/C17H13BrO5/c18-10-13(19)12-6-7-14(16-15(12)21-8-9-22-16)23-17(20)11-4-2-1-3-5-11/h1-7H,8-10H2. The summed E-state index contributed by atoms with van der Waals surface area (Å²) in [6.07, 6.45) is 0. The summed E-state index contributed by atoms with van der Waals surface area (Å²) in [7, 11) is 0. The van der Waals surface area contributed by atoms with Crippen molar-refractivity contribution < 1.29 is 23.8 Å². The van der Waals surface area contributed by atoms with E-state index in [-0.39, 0.29) is 22.6 Å². The Morgan fingerprint density at radius 3 is 2.39 bits per heavy atom. The van der Waals surface area contributed by atoms with E-state index in [0.29, 0.717) is 30.1 Å². The van der Waals surface area contributed by atoms with Crippen molar-refractivity contribution in [2.75, 3.05) is 18.5 Å². The van der Waals surface area contributed by atoms with Crippen LogP contribution in [0, 0.1) is 0 Å². The number of carbonyl (C=O) groups excluding carboxylic acids is 2. The van der Waals surface area contributed by atoms with Crippen LogP contribution in [0.15, 0.2) is 42.5 Å². The Bertz CT molecular complexity index is 742. The molecule has 5 nitrogen and oxygen atoms in total. The highest BCUT2D eigenvalue weighted by Gasteiger charge is 2.25. The molecule has 0 spiro atoms. The molecule has 0 aromatic heterocycles. The van der Waals surface area contributed by atoms with Crippen LogP contribution in [0.25, 0.3) is 0 Å². The number of ether oxygens (including phenoxy) is 3. The van der Waals surface area contributed by atoms with Gasteiger partial charge in [0.25, 0.3) is 0 Å². The fraction of sp³-hybridized carbons (Fsp3) is 0.176. The molecular weight excluding hydrogens is 364 g/mol. The van der Waals surface area contributed by atoms with Gasteiger partial charge in [0.15, 0.2) is 17.3 Å². The molecule has 3 rings (SSSR count). The zero-order valence-electron chi connectivity index (χ0n) is 12.1. The molecule has 23 heavy (non-hydrogen) atoms. The number of hydrogen-bond donors (Lipinski definition) is 0. The zero-order chi connectivity index (χ0) is 16.2. The van der Waals surface area contributed by atoms with E-state index in [4.69, 9.17) is 14.2 Å². The van der Waals surface area contributed by atoms with Crippen LogP contribution >= 0.6 is 15.9 Å². The Morgan fingerprint density at radius 2 is 1.70 bits per heavy atom. The predicted molar refractivity (Wildman–Crippen MR) is 87.0 cm³/mol. The summed E-state index contributed by atoms with van der Waals surface area (Å²) < 4.78 is 16.5. The fourth-order valence-electron chi connectivity index (χ4n) is 2.22. The number of benzene rings is 2. The maximum Gasteiger partial charge on any atom is 0.343 e. The van der Waals surface area contributed by atoms with Crippen LogP contribution in [-0.2, 0) is 0 Å². The van der Waals surface area contributed by atoms with Crippen LogP contribution in [0.1, 0.15) is 20.7 Å². The van der Waals surface area contributed by atoms with Crippen LogP contribution in [0.3, 0.4) is 0 Å². The van der Waals surface area contributed by atoms with Gasteiger partial charge in [-0.3, -0.25) is 4.79 Å². The molecule has 0 fully saturated rings. The number of carbonyl (C=O) groups is 2. The maximum atomic E-state index is 12.2. The van der Waals surface area contributed by atoms with Crippen molar-refractivity contribution in [1.29, 1.82) is 0 Å². The minimum Gasteiger partial charge on any atom is -0.485 e. The van der Waals surface area contributed by atoms with Crippen LogP contribution in [0.2, 0.25) is 0 Å². The van der Waals surface area contributed by atoms with E-state index in [0.717, 1.165) is 0 Å². The topological polar surface area (TPSA) is 61.8 Å². The van der Waals surface area contributed by atoms with Gasteiger partial charge in [-0.05, 0) is 24.3 Å². The van der Waals surface area contributed by atoms with Crippen LogP contribution in [0.5, 0.6) is 17.2 Å². The van der Waals surface area contributed by atoms with Crippen LogP contribution in [-0.4, -0.2) is 30.3 Å². The van der Waals surface area contributed by atoms with Gasteiger partial charge in [-0.2, -0.15) is 0 Å². The van der Waals surface area contributed by atoms with Gasteiger partial charge in [0.05, 0.1) is 16.5 Å². The molecular formula is C17H13BrO5. The molecule has 0 unspecified atom stereocenters. The first kappa shape index (κ1) is 15.6. The van der Waals surface area contributed by atoms with Crippen molar-refractivity contribution in [1.82, 2.24) is 0 Å². The lowest BCUT2D eigenvalue weighted by molar-refractivity contribution is 0.0721. The molecule has 0 radical (unpaired) electrons. The molecule has 2 aromatic rings. The van der Waals surface area contributed by atoms with Crippen molar-refractivity contribution >= 4 is 27.7 Å². The van der Waals surface area contributed by atoms with Crippen molar-refractivity contribution in [3.8, 4) is 17.2 Å². The summed E-state index contributed by atoms with van der Waals surface area (Å²) in [5, 5.41) is 0.173. The molecule has 0 saturated carbocycles. The van der Waals surface area contributed by atoms with E-state index in [9.17, 15) is 9.59 Å². The Morgan fingerprint density at radius 1 is 1.00 bits per heavy atom. The minimum atomic E-state index is -0.499. The SMILES string of the molecule is O=C(Oc1ccc(C(=O)CBr)c2c1OCCO2)c1ccccc1. The van der Waals surface area contributed by atoms with E-state index >= 15 is 0 Å². The largest absolute Gasteiger partial charge is 0.485 e. The lowest BCUT2D eigenvalue weighted by atomic mass is 10.1. The zero-order valence-corrected chi connectivity index (χ0v) is 13.7. The third kappa shape index (κ3) is 3.22. The number of rotatable bonds is 4. The van der Waals surface area contributed by atoms with Gasteiger partial charge >= 0.3 is 5.97 Å². The van der Waals surface area contributed by atoms with E-state index in [1.807, 2.05) is 6.07 Å². The summed E-state index contributed by atoms with van der Waals surface area (Å²) in [6, 6.07) is 11.8. The van der Waals surface area contributed by atoms with Crippen molar-refractivity contribution in [3.63, 3.8) is 0 Å². The van der Waals surface area contributed by atoms with Gasteiger partial charge < -0.3 is 14.2 Å². The number of halogens is 1. The molecule has 0 amide bonds. The lowest BCUT2D eigenvalue weighted by Crippen LogP contribution is -2.20. The summed E-state index contributed by atoms with van der Waals surface area (Å²) in [5.74, 6) is 0.209. The number of alkyl halides is 1. The van der Waals surface area contributed by atoms with Gasteiger partial charge in [-0.25, -0.2) is 4.79 Å². The second-order valence-corrected chi connectivity index (χ2v) is 5.34. The van der Waals surface area contributed by atoms with Crippen molar-refractivity contribution in [3.05, 3.63) is 53.6 Å². The average Bonchev–Trinajstić information content (AvgIpc) is 2.62. The number of Topliss-reactive ketones (excluding diaryl/α,β-unsaturated/α-hetero) is 1. The second-order valence-electron chi connectivity index (χ2n) is 4.78. The van der Waals surface area contributed by atoms with E-state index in [1.54, 1.807) is 36.4 Å². The van der Waals surface area contributed by atoms with Gasteiger partial charge in [0.1, 0.15) is 13.2 Å². The number of hydrogen-bond acceptors (Lipinski definition) is 5. The van der Waals surface area contributed by atoms with Crippen molar-refractivity contribution in [2.45, 2.75) is 0 Å². The van der Waals surface area contributed by atoms with Gasteiger partial charge in [0.2, 0.25) is 5.75 Å². The second kappa shape index (κ2) is 6.83. The van der Waals surface area contributed by atoms with Crippen molar-refractivity contribution in [2.24, 2.45) is 0 Å². The lowest BCUT2D eigenvalue weighted by Gasteiger charge is -2.22. The number of ketones is 1. The molecule has 118 valence electrons. The van der Waals surface area contributed by atoms with Gasteiger partial charge in [-0.1, -0.05) is 34.1 Å². The fourth-order valence-corrected chi connectivity index (χ4v) is 2.52. The summed E-state index contributed by atoms with van der Waals surface area (Å²) in [4.78, 5) is 24.1. The Hall–Kier alpha value is -2.34. The third-order valence-electron chi connectivity index (χ3n) is 3.29. The Balaban J connectivity index is 1.94. The predicted octanol–water partition coefficient (Wildman–Crippen LogP) is 3.25.